The molecule has 1 rings (SSSR count). The van der Waals surface area contributed by atoms with Gasteiger partial charge in [0.1, 0.15) is 0 Å². The summed E-state index contributed by atoms with van der Waals surface area (Å²) in [5, 5.41) is 3.46. The van der Waals surface area contributed by atoms with Crippen molar-refractivity contribution in [2.24, 2.45) is 0 Å². The molecule has 0 spiro atoms. The first-order valence-corrected chi connectivity index (χ1v) is 5.81. The molecule has 1 aliphatic carbocycles. The van der Waals surface area contributed by atoms with E-state index in [1.54, 1.807) is 7.11 Å². The third kappa shape index (κ3) is 6.66. The van der Waals surface area contributed by atoms with E-state index >= 15 is 0 Å². The highest BCUT2D eigenvalue weighted by Crippen LogP contribution is 2.18. The molecule has 1 atom stereocenters. The molecular weight excluding hydrogens is 190 g/mol. The molecule has 0 aromatic carbocycles. The van der Waals surface area contributed by atoms with Crippen LogP contribution in [0.1, 0.15) is 25.7 Å². The molecule has 1 fully saturated rings. The molecule has 3 nitrogen and oxygen atoms in total. The van der Waals surface area contributed by atoms with E-state index in [1.165, 1.54) is 12.8 Å². The monoisotopic (exact) mass is 213 g/mol. The molecule has 1 N–H and O–H groups in total. The molecule has 0 radical (unpaired) electrons. The number of hydrogen-bond donors (Lipinski definition) is 1. The van der Waals surface area contributed by atoms with E-state index in [9.17, 15) is 0 Å². The number of nitrogens with one attached hydrogen (secondary N) is 1. The molecule has 1 aliphatic rings. The SMILES string of the molecule is C=CCCCOC(CNC1CC1)COC. The zero-order chi connectivity index (χ0) is 10.9. The first-order chi connectivity index (χ1) is 7.36. The highest BCUT2D eigenvalue weighted by Gasteiger charge is 2.21. The highest BCUT2D eigenvalue weighted by atomic mass is 16.5. The van der Waals surface area contributed by atoms with Gasteiger partial charge in [0.05, 0.1) is 12.7 Å². The highest BCUT2D eigenvalue weighted by molar-refractivity contribution is 4.82. The second kappa shape index (κ2) is 7.85. The Morgan fingerprint density at radius 2 is 2.33 bits per heavy atom. The van der Waals surface area contributed by atoms with E-state index < -0.39 is 0 Å². The lowest BCUT2D eigenvalue weighted by atomic mass is 10.3. The minimum absolute atomic E-state index is 0.195. The minimum Gasteiger partial charge on any atom is -0.382 e. The lowest BCUT2D eigenvalue weighted by molar-refractivity contribution is -0.00175. The van der Waals surface area contributed by atoms with E-state index in [1.807, 2.05) is 6.08 Å². The Kier molecular flexibility index (Phi) is 6.64. The number of unbranched alkanes of at least 4 members (excludes halogenated alkanes) is 1. The van der Waals surface area contributed by atoms with Crippen LogP contribution < -0.4 is 5.32 Å². The van der Waals surface area contributed by atoms with Crippen molar-refractivity contribution in [2.45, 2.75) is 37.8 Å². The van der Waals surface area contributed by atoms with Crippen molar-refractivity contribution in [3.63, 3.8) is 0 Å². The summed E-state index contributed by atoms with van der Waals surface area (Å²) in [7, 11) is 1.72. The Labute approximate surface area is 92.8 Å². The molecule has 0 aromatic heterocycles. The molecule has 0 saturated heterocycles. The van der Waals surface area contributed by atoms with Crippen LogP contribution in [0.3, 0.4) is 0 Å². The van der Waals surface area contributed by atoms with E-state index in [0.29, 0.717) is 6.61 Å². The Morgan fingerprint density at radius 1 is 1.53 bits per heavy atom. The van der Waals surface area contributed by atoms with Gasteiger partial charge in [0, 0.05) is 26.3 Å². The maximum Gasteiger partial charge on any atom is 0.0932 e. The van der Waals surface area contributed by atoms with Crippen molar-refractivity contribution in [3.05, 3.63) is 12.7 Å². The van der Waals surface area contributed by atoms with Gasteiger partial charge in [-0.1, -0.05) is 6.08 Å². The second-order valence-electron chi connectivity index (χ2n) is 4.06. The zero-order valence-corrected chi connectivity index (χ0v) is 9.71. The summed E-state index contributed by atoms with van der Waals surface area (Å²) in [6.45, 7) is 6.07. The number of methoxy groups -OCH3 is 1. The van der Waals surface area contributed by atoms with Crippen LogP contribution in [-0.4, -0.2) is 39.0 Å². The summed E-state index contributed by atoms with van der Waals surface area (Å²) in [6.07, 6.45) is 6.83. The lowest BCUT2D eigenvalue weighted by Gasteiger charge is -2.17. The van der Waals surface area contributed by atoms with Crippen LogP contribution in [0.2, 0.25) is 0 Å². The summed E-state index contributed by atoms with van der Waals surface area (Å²) in [6, 6.07) is 0.737. The molecule has 3 heteroatoms. The smallest absolute Gasteiger partial charge is 0.0932 e. The van der Waals surface area contributed by atoms with Gasteiger partial charge < -0.3 is 14.8 Å². The molecule has 0 aliphatic heterocycles. The minimum atomic E-state index is 0.195. The van der Waals surface area contributed by atoms with Crippen LogP contribution in [0.25, 0.3) is 0 Å². The fraction of sp³-hybridized carbons (Fsp3) is 0.833. The Bertz CT molecular complexity index is 169. The quantitative estimate of drug-likeness (QED) is 0.443. The standard InChI is InChI=1S/C12H23NO2/c1-3-4-5-8-15-12(10-14-2)9-13-11-6-7-11/h3,11-13H,1,4-10H2,2H3. The second-order valence-corrected chi connectivity index (χ2v) is 4.06. The number of ether oxygens (including phenoxy) is 2. The van der Waals surface area contributed by atoms with Crippen LogP contribution in [0.4, 0.5) is 0 Å². The average molecular weight is 213 g/mol. The zero-order valence-electron chi connectivity index (χ0n) is 9.71. The molecule has 1 saturated carbocycles. The molecule has 0 amide bonds. The average Bonchev–Trinajstić information content (AvgIpc) is 3.04. The van der Waals surface area contributed by atoms with E-state index in [4.69, 9.17) is 9.47 Å². The first kappa shape index (κ1) is 12.7. The molecule has 0 heterocycles. The number of hydrogen-bond acceptors (Lipinski definition) is 3. The van der Waals surface area contributed by atoms with Crippen molar-refractivity contribution in [1.29, 1.82) is 0 Å². The van der Waals surface area contributed by atoms with Gasteiger partial charge in [0.15, 0.2) is 0 Å². The third-order valence-electron chi connectivity index (χ3n) is 2.47. The molecule has 15 heavy (non-hydrogen) atoms. The van der Waals surface area contributed by atoms with Gasteiger partial charge >= 0.3 is 0 Å². The molecular formula is C12H23NO2. The number of allylic oxidation sites excluding steroid dienone is 1. The van der Waals surface area contributed by atoms with Crippen molar-refractivity contribution in [2.75, 3.05) is 26.9 Å². The molecule has 0 aromatic rings. The Balaban J connectivity index is 2.02. The number of rotatable bonds is 10. The van der Waals surface area contributed by atoms with E-state index in [0.717, 1.165) is 32.0 Å². The van der Waals surface area contributed by atoms with Crippen LogP contribution >= 0.6 is 0 Å². The predicted octanol–water partition coefficient (Wildman–Crippen LogP) is 1.74. The molecule has 88 valence electrons. The van der Waals surface area contributed by atoms with Crippen molar-refractivity contribution < 1.29 is 9.47 Å². The van der Waals surface area contributed by atoms with Crippen LogP contribution in [0, 0.1) is 0 Å². The Hall–Kier alpha value is -0.380. The van der Waals surface area contributed by atoms with Crippen LogP contribution in [0.15, 0.2) is 12.7 Å². The van der Waals surface area contributed by atoms with Gasteiger partial charge in [0.25, 0.3) is 0 Å². The van der Waals surface area contributed by atoms with Gasteiger partial charge in [-0.05, 0) is 25.7 Å². The first-order valence-electron chi connectivity index (χ1n) is 5.81. The van der Waals surface area contributed by atoms with Crippen molar-refractivity contribution in [1.82, 2.24) is 5.32 Å². The third-order valence-corrected chi connectivity index (χ3v) is 2.47. The molecule has 0 bridgehead atoms. The maximum atomic E-state index is 5.73. The topological polar surface area (TPSA) is 30.5 Å². The lowest BCUT2D eigenvalue weighted by Crippen LogP contribution is -2.34. The van der Waals surface area contributed by atoms with Crippen LogP contribution in [-0.2, 0) is 9.47 Å². The van der Waals surface area contributed by atoms with Gasteiger partial charge in [-0.25, -0.2) is 0 Å². The summed E-state index contributed by atoms with van der Waals surface area (Å²) in [5.74, 6) is 0. The summed E-state index contributed by atoms with van der Waals surface area (Å²) in [5.41, 5.74) is 0. The fourth-order valence-corrected chi connectivity index (χ4v) is 1.42. The van der Waals surface area contributed by atoms with Gasteiger partial charge in [-0.15, -0.1) is 6.58 Å². The largest absolute Gasteiger partial charge is 0.382 e. The summed E-state index contributed by atoms with van der Waals surface area (Å²) < 4.78 is 10.9. The van der Waals surface area contributed by atoms with Crippen molar-refractivity contribution >= 4 is 0 Å². The predicted molar refractivity (Wildman–Crippen MR) is 62.1 cm³/mol. The molecule has 1 unspecified atom stereocenters. The van der Waals surface area contributed by atoms with Gasteiger partial charge in [0.2, 0.25) is 0 Å². The van der Waals surface area contributed by atoms with E-state index in [-0.39, 0.29) is 6.10 Å². The van der Waals surface area contributed by atoms with Crippen molar-refractivity contribution in [3.8, 4) is 0 Å². The fourth-order valence-electron chi connectivity index (χ4n) is 1.42. The van der Waals surface area contributed by atoms with Crippen LogP contribution in [0.5, 0.6) is 0 Å². The van der Waals surface area contributed by atoms with Gasteiger partial charge in [-0.3, -0.25) is 0 Å². The normalized spacial score (nSPS) is 17.7. The maximum absolute atomic E-state index is 5.73. The van der Waals surface area contributed by atoms with E-state index in [2.05, 4.69) is 11.9 Å². The van der Waals surface area contributed by atoms with Gasteiger partial charge in [-0.2, -0.15) is 0 Å². The summed E-state index contributed by atoms with van der Waals surface area (Å²) in [4.78, 5) is 0. The Morgan fingerprint density at radius 3 is 2.93 bits per heavy atom. The summed E-state index contributed by atoms with van der Waals surface area (Å²) >= 11 is 0.